The zero-order valence-corrected chi connectivity index (χ0v) is 11.5. The summed E-state index contributed by atoms with van der Waals surface area (Å²) in [4.78, 5) is 2.24. The van der Waals surface area contributed by atoms with Crippen LogP contribution in [0.15, 0.2) is 12.1 Å². The van der Waals surface area contributed by atoms with E-state index in [2.05, 4.69) is 37.9 Å². The maximum absolute atomic E-state index is 5.48. The monoisotopic (exact) mass is 237 g/mol. The second kappa shape index (κ2) is 6.62. The van der Waals surface area contributed by atoms with Crippen LogP contribution in [0, 0.1) is 13.8 Å². The van der Waals surface area contributed by atoms with Crippen molar-refractivity contribution in [3.05, 3.63) is 28.8 Å². The van der Waals surface area contributed by atoms with E-state index in [-0.39, 0.29) is 0 Å². The van der Waals surface area contributed by atoms with E-state index in [1.807, 2.05) is 0 Å². The first-order chi connectivity index (χ1) is 8.08. The lowest BCUT2D eigenvalue weighted by atomic mass is 10.1. The Balaban J connectivity index is 2.81. The van der Waals surface area contributed by atoms with Gasteiger partial charge in [0.25, 0.3) is 0 Å². The molecule has 0 heterocycles. The summed E-state index contributed by atoms with van der Waals surface area (Å²) in [5.74, 6) is 1.000. The Bertz CT molecular complexity index is 363. The number of benzene rings is 1. The van der Waals surface area contributed by atoms with Crippen LogP contribution in [0.1, 0.15) is 16.7 Å². The van der Waals surface area contributed by atoms with Crippen molar-refractivity contribution >= 4 is 0 Å². The molecule has 0 amide bonds. The minimum Gasteiger partial charge on any atom is -0.496 e. The van der Waals surface area contributed by atoms with E-state index in [0.29, 0.717) is 0 Å². The van der Waals surface area contributed by atoms with Crippen molar-refractivity contribution in [1.29, 1.82) is 0 Å². The highest BCUT2D eigenvalue weighted by atomic mass is 16.5. The summed E-state index contributed by atoms with van der Waals surface area (Å²) in [5, 5.41) is 0. The molecule has 0 N–H and O–H groups in total. The zero-order valence-electron chi connectivity index (χ0n) is 11.5. The van der Waals surface area contributed by atoms with E-state index in [1.165, 1.54) is 16.7 Å². The Morgan fingerprint density at radius 2 is 1.88 bits per heavy atom. The molecule has 0 radical (unpaired) electrons. The second-order valence-corrected chi connectivity index (χ2v) is 4.50. The van der Waals surface area contributed by atoms with E-state index < -0.39 is 0 Å². The van der Waals surface area contributed by atoms with Gasteiger partial charge >= 0.3 is 0 Å². The van der Waals surface area contributed by atoms with Crippen LogP contribution in [-0.2, 0) is 11.3 Å². The van der Waals surface area contributed by atoms with Crippen LogP contribution in [0.25, 0.3) is 0 Å². The molecule has 0 aliphatic rings. The van der Waals surface area contributed by atoms with Crippen LogP contribution in [0.5, 0.6) is 5.75 Å². The van der Waals surface area contributed by atoms with Gasteiger partial charge in [-0.2, -0.15) is 0 Å². The van der Waals surface area contributed by atoms with E-state index in [9.17, 15) is 0 Å². The smallest absolute Gasteiger partial charge is 0.126 e. The number of hydrogen-bond acceptors (Lipinski definition) is 3. The summed E-state index contributed by atoms with van der Waals surface area (Å²) in [6.07, 6.45) is 0. The predicted molar refractivity (Wildman–Crippen MR) is 70.7 cm³/mol. The van der Waals surface area contributed by atoms with E-state index >= 15 is 0 Å². The minimum absolute atomic E-state index is 0.754. The van der Waals surface area contributed by atoms with Gasteiger partial charge in [-0.15, -0.1) is 0 Å². The molecule has 96 valence electrons. The standard InChI is InChI=1S/C14H23NO2/c1-11-8-12(2)14(17-5)13(9-11)10-15(3)6-7-16-4/h8-9H,6-7,10H2,1-5H3. The Labute approximate surface area is 104 Å². The SMILES string of the molecule is COCCN(C)Cc1cc(C)cc(C)c1OC. The molecule has 0 bridgehead atoms. The number of rotatable bonds is 6. The van der Waals surface area contributed by atoms with Crippen LogP contribution >= 0.6 is 0 Å². The van der Waals surface area contributed by atoms with Gasteiger partial charge in [-0.25, -0.2) is 0 Å². The third-order valence-corrected chi connectivity index (χ3v) is 2.82. The topological polar surface area (TPSA) is 21.7 Å². The molecule has 1 aromatic rings. The van der Waals surface area contributed by atoms with Crippen LogP contribution in [0.3, 0.4) is 0 Å². The largest absolute Gasteiger partial charge is 0.496 e. The number of methoxy groups -OCH3 is 2. The zero-order chi connectivity index (χ0) is 12.8. The maximum atomic E-state index is 5.48. The summed E-state index contributed by atoms with van der Waals surface area (Å²) in [6.45, 7) is 6.76. The van der Waals surface area contributed by atoms with Crippen molar-refractivity contribution in [3.63, 3.8) is 0 Å². The summed E-state index contributed by atoms with van der Waals surface area (Å²) in [5.41, 5.74) is 3.71. The second-order valence-electron chi connectivity index (χ2n) is 4.50. The first-order valence-corrected chi connectivity index (χ1v) is 5.90. The van der Waals surface area contributed by atoms with Crippen molar-refractivity contribution in [3.8, 4) is 5.75 Å². The molecule has 3 heteroatoms. The summed E-state index contributed by atoms with van der Waals surface area (Å²) >= 11 is 0. The van der Waals surface area contributed by atoms with Gasteiger partial charge in [-0.1, -0.05) is 17.7 Å². The first kappa shape index (κ1) is 14.0. The molecule has 0 fully saturated rings. The lowest BCUT2D eigenvalue weighted by Gasteiger charge is -2.19. The van der Waals surface area contributed by atoms with Crippen molar-refractivity contribution in [2.45, 2.75) is 20.4 Å². The number of hydrogen-bond donors (Lipinski definition) is 0. The molecule has 3 nitrogen and oxygen atoms in total. The highest BCUT2D eigenvalue weighted by Crippen LogP contribution is 2.25. The lowest BCUT2D eigenvalue weighted by Crippen LogP contribution is -2.22. The Hall–Kier alpha value is -1.06. The number of likely N-dealkylation sites (N-methyl/N-ethyl adjacent to an activating group) is 1. The Morgan fingerprint density at radius 1 is 1.18 bits per heavy atom. The lowest BCUT2D eigenvalue weighted by molar-refractivity contribution is 0.158. The fraction of sp³-hybridized carbons (Fsp3) is 0.571. The molecule has 0 spiro atoms. The average Bonchev–Trinajstić information content (AvgIpc) is 2.25. The molecule has 0 saturated heterocycles. The van der Waals surface area contributed by atoms with E-state index in [0.717, 1.165) is 25.4 Å². The van der Waals surface area contributed by atoms with Gasteiger partial charge in [0, 0.05) is 25.8 Å². The molecule has 1 rings (SSSR count). The molecule has 0 saturated carbocycles. The minimum atomic E-state index is 0.754. The van der Waals surface area contributed by atoms with Gasteiger partial charge in [-0.3, -0.25) is 4.90 Å². The van der Waals surface area contributed by atoms with Crippen LogP contribution in [0.4, 0.5) is 0 Å². The van der Waals surface area contributed by atoms with Crippen LogP contribution < -0.4 is 4.74 Å². The predicted octanol–water partition coefficient (Wildman–Crippen LogP) is 2.39. The highest BCUT2D eigenvalue weighted by molar-refractivity contribution is 5.43. The summed E-state index contributed by atoms with van der Waals surface area (Å²) < 4.78 is 10.6. The average molecular weight is 237 g/mol. The van der Waals surface area contributed by atoms with Crippen molar-refractivity contribution in [2.75, 3.05) is 34.4 Å². The van der Waals surface area contributed by atoms with Gasteiger partial charge in [0.1, 0.15) is 5.75 Å². The summed E-state index contributed by atoms with van der Waals surface area (Å²) in [7, 11) is 5.55. The van der Waals surface area contributed by atoms with Gasteiger partial charge in [0.2, 0.25) is 0 Å². The molecule has 17 heavy (non-hydrogen) atoms. The molecular formula is C14H23NO2. The Morgan fingerprint density at radius 3 is 2.47 bits per heavy atom. The third-order valence-electron chi connectivity index (χ3n) is 2.82. The summed E-state index contributed by atoms with van der Waals surface area (Å²) in [6, 6.07) is 4.34. The molecule has 0 aliphatic heterocycles. The quantitative estimate of drug-likeness (QED) is 0.758. The molecule has 0 aromatic heterocycles. The first-order valence-electron chi connectivity index (χ1n) is 5.90. The molecule has 1 aromatic carbocycles. The molecular weight excluding hydrogens is 214 g/mol. The van der Waals surface area contributed by atoms with Crippen molar-refractivity contribution in [1.82, 2.24) is 4.90 Å². The van der Waals surface area contributed by atoms with E-state index in [1.54, 1.807) is 14.2 Å². The van der Waals surface area contributed by atoms with Crippen molar-refractivity contribution in [2.24, 2.45) is 0 Å². The van der Waals surface area contributed by atoms with Gasteiger partial charge in [0.15, 0.2) is 0 Å². The Kier molecular flexibility index (Phi) is 5.45. The van der Waals surface area contributed by atoms with E-state index in [4.69, 9.17) is 9.47 Å². The molecule has 0 unspecified atom stereocenters. The fourth-order valence-corrected chi connectivity index (χ4v) is 2.07. The van der Waals surface area contributed by atoms with Gasteiger partial charge in [0.05, 0.1) is 13.7 Å². The number of nitrogens with zero attached hydrogens (tertiary/aromatic N) is 1. The maximum Gasteiger partial charge on any atom is 0.126 e. The van der Waals surface area contributed by atoms with Gasteiger partial charge < -0.3 is 9.47 Å². The van der Waals surface area contributed by atoms with Crippen LogP contribution in [-0.4, -0.2) is 39.3 Å². The van der Waals surface area contributed by atoms with Crippen molar-refractivity contribution < 1.29 is 9.47 Å². The number of aryl methyl sites for hydroxylation is 2. The van der Waals surface area contributed by atoms with Gasteiger partial charge in [-0.05, 0) is 26.5 Å². The fourth-order valence-electron chi connectivity index (χ4n) is 2.07. The molecule has 0 atom stereocenters. The number of ether oxygens (including phenoxy) is 2. The molecule has 0 aliphatic carbocycles. The highest BCUT2D eigenvalue weighted by Gasteiger charge is 2.09. The third kappa shape index (κ3) is 4.02. The van der Waals surface area contributed by atoms with Crippen LogP contribution in [0.2, 0.25) is 0 Å². The normalized spacial score (nSPS) is 10.9.